The Morgan fingerprint density at radius 3 is 2.41 bits per heavy atom. The first-order valence-corrected chi connectivity index (χ1v) is 10.4. The molecule has 3 rings (SSSR count). The number of hydrogen-bond donors (Lipinski definition) is 4. The first kappa shape index (κ1) is 24.7. The summed E-state index contributed by atoms with van der Waals surface area (Å²) in [5.41, 5.74) is 1.02. The van der Waals surface area contributed by atoms with Crippen molar-refractivity contribution in [2.45, 2.75) is 6.10 Å². The molecule has 0 aromatic heterocycles. The van der Waals surface area contributed by atoms with E-state index >= 15 is 0 Å². The SMILES string of the molecule is COc1ccc(NC(=O)C(=O)NC[C@H](O)c2ccc(Cl)cc2)cc1NC(=O)c1cccc(F)c1. The summed E-state index contributed by atoms with van der Waals surface area (Å²) in [5, 5.41) is 18.0. The highest BCUT2D eigenvalue weighted by Crippen LogP contribution is 2.28. The molecule has 0 fully saturated rings. The summed E-state index contributed by atoms with van der Waals surface area (Å²) in [6.07, 6.45) is -1.03. The largest absolute Gasteiger partial charge is 0.495 e. The van der Waals surface area contributed by atoms with Crippen molar-refractivity contribution in [1.29, 1.82) is 0 Å². The van der Waals surface area contributed by atoms with Crippen LogP contribution in [0.25, 0.3) is 0 Å². The molecule has 0 radical (unpaired) electrons. The van der Waals surface area contributed by atoms with Gasteiger partial charge in [0, 0.05) is 22.8 Å². The van der Waals surface area contributed by atoms with Gasteiger partial charge in [-0.2, -0.15) is 0 Å². The second-order valence-corrected chi connectivity index (χ2v) is 7.55. The Kier molecular flexibility index (Phi) is 8.18. The van der Waals surface area contributed by atoms with Crippen molar-refractivity contribution in [3.63, 3.8) is 0 Å². The van der Waals surface area contributed by atoms with Crippen molar-refractivity contribution in [1.82, 2.24) is 5.32 Å². The summed E-state index contributed by atoms with van der Waals surface area (Å²) in [6, 6.07) is 15.9. The Hall–Kier alpha value is -3.95. The lowest BCUT2D eigenvalue weighted by atomic mass is 10.1. The van der Waals surface area contributed by atoms with Gasteiger partial charge in [0.1, 0.15) is 11.6 Å². The average molecular weight is 486 g/mol. The molecule has 0 saturated heterocycles. The number of halogens is 2. The van der Waals surface area contributed by atoms with Gasteiger partial charge < -0.3 is 25.8 Å². The Balaban J connectivity index is 1.63. The summed E-state index contributed by atoms with van der Waals surface area (Å²) in [7, 11) is 1.39. The van der Waals surface area contributed by atoms with Gasteiger partial charge in [-0.25, -0.2) is 4.39 Å². The number of anilines is 2. The van der Waals surface area contributed by atoms with E-state index in [-0.39, 0.29) is 23.5 Å². The predicted octanol–water partition coefficient (Wildman–Crippen LogP) is 3.53. The molecular weight excluding hydrogens is 465 g/mol. The van der Waals surface area contributed by atoms with Crippen LogP contribution in [-0.2, 0) is 9.59 Å². The summed E-state index contributed by atoms with van der Waals surface area (Å²) in [5.74, 6) is -2.80. The molecular formula is C24H21ClFN3O5. The fourth-order valence-electron chi connectivity index (χ4n) is 2.97. The Morgan fingerprint density at radius 2 is 1.74 bits per heavy atom. The fraction of sp³-hybridized carbons (Fsp3) is 0.125. The van der Waals surface area contributed by atoms with Crippen LogP contribution >= 0.6 is 11.6 Å². The third-order valence-corrected chi connectivity index (χ3v) is 4.96. The van der Waals surface area contributed by atoms with Crippen LogP contribution in [-0.4, -0.2) is 36.5 Å². The van der Waals surface area contributed by atoms with E-state index in [0.29, 0.717) is 16.3 Å². The monoisotopic (exact) mass is 485 g/mol. The van der Waals surface area contributed by atoms with E-state index in [4.69, 9.17) is 16.3 Å². The number of amides is 3. The van der Waals surface area contributed by atoms with Crippen LogP contribution in [0.5, 0.6) is 5.75 Å². The maximum atomic E-state index is 13.4. The first-order valence-electron chi connectivity index (χ1n) is 10.0. The van der Waals surface area contributed by atoms with Crippen LogP contribution in [0.15, 0.2) is 66.7 Å². The maximum Gasteiger partial charge on any atom is 0.313 e. The molecule has 4 N–H and O–H groups in total. The highest BCUT2D eigenvalue weighted by Gasteiger charge is 2.18. The van der Waals surface area contributed by atoms with Gasteiger partial charge in [-0.05, 0) is 54.1 Å². The van der Waals surface area contributed by atoms with Crippen molar-refractivity contribution in [2.24, 2.45) is 0 Å². The zero-order valence-electron chi connectivity index (χ0n) is 18.0. The molecule has 0 bridgehead atoms. The smallest absolute Gasteiger partial charge is 0.313 e. The molecule has 0 unspecified atom stereocenters. The zero-order valence-corrected chi connectivity index (χ0v) is 18.7. The molecule has 3 aromatic carbocycles. The lowest BCUT2D eigenvalue weighted by molar-refractivity contribution is -0.136. The van der Waals surface area contributed by atoms with Gasteiger partial charge in [0.25, 0.3) is 5.91 Å². The second kappa shape index (κ2) is 11.3. The van der Waals surface area contributed by atoms with E-state index in [1.807, 2.05) is 0 Å². The van der Waals surface area contributed by atoms with Gasteiger partial charge in [0.15, 0.2) is 0 Å². The van der Waals surface area contributed by atoms with E-state index in [0.717, 1.165) is 6.07 Å². The molecule has 3 amide bonds. The number of rotatable bonds is 7. The summed E-state index contributed by atoms with van der Waals surface area (Å²) in [6.45, 7) is -0.189. The first-order chi connectivity index (χ1) is 16.3. The molecule has 8 nitrogen and oxygen atoms in total. The van der Waals surface area contributed by atoms with E-state index in [1.54, 1.807) is 24.3 Å². The number of ether oxygens (including phenoxy) is 1. The number of aliphatic hydroxyl groups is 1. The number of carbonyl (C=O) groups excluding carboxylic acids is 3. The average Bonchev–Trinajstić information content (AvgIpc) is 2.83. The molecule has 10 heteroatoms. The minimum Gasteiger partial charge on any atom is -0.495 e. The van der Waals surface area contributed by atoms with Gasteiger partial charge in [-0.1, -0.05) is 29.8 Å². The minimum absolute atomic E-state index is 0.0927. The van der Waals surface area contributed by atoms with Crippen LogP contribution in [0.3, 0.4) is 0 Å². The lowest BCUT2D eigenvalue weighted by Crippen LogP contribution is -2.37. The van der Waals surface area contributed by atoms with Gasteiger partial charge in [0.05, 0.1) is 18.9 Å². The number of aliphatic hydroxyl groups excluding tert-OH is 1. The van der Waals surface area contributed by atoms with Crippen LogP contribution in [0.4, 0.5) is 15.8 Å². The van der Waals surface area contributed by atoms with E-state index in [9.17, 15) is 23.9 Å². The molecule has 0 aliphatic carbocycles. The van der Waals surface area contributed by atoms with Crippen LogP contribution < -0.4 is 20.7 Å². The van der Waals surface area contributed by atoms with Gasteiger partial charge in [0.2, 0.25) is 0 Å². The molecule has 0 aliphatic rings. The zero-order chi connectivity index (χ0) is 24.7. The Labute approximate surface area is 199 Å². The van der Waals surface area contributed by atoms with Crippen molar-refractivity contribution in [2.75, 3.05) is 24.3 Å². The van der Waals surface area contributed by atoms with E-state index < -0.39 is 29.6 Å². The van der Waals surface area contributed by atoms with Crippen LogP contribution in [0, 0.1) is 5.82 Å². The fourth-order valence-corrected chi connectivity index (χ4v) is 3.09. The van der Waals surface area contributed by atoms with Crippen LogP contribution in [0.1, 0.15) is 22.0 Å². The van der Waals surface area contributed by atoms with Crippen LogP contribution in [0.2, 0.25) is 5.02 Å². The molecule has 176 valence electrons. The Bertz CT molecular complexity index is 1200. The third kappa shape index (κ3) is 6.53. The Morgan fingerprint density at radius 1 is 1.00 bits per heavy atom. The van der Waals surface area contributed by atoms with E-state index in [2.05, 4.69) is 16.0 Å². The number of methoxy groups -OCH3 is 1. The molecule has 1 atom stereocenters. The molecule has 0 aliphatic heterocycles. The molecule has 3 aromatic rings. The topological polar surface area (TPSA) is 117 Å². The van der Waals surface area contributed by atoms with Crippen molar-refractivity contribution in [3.8, 4) is 5.75 Å². The minimum atomic E-state index is -1.03. The second-order valence-electron chi connectivity index (χ2n) is 7.11. The summed E-state index contributed by atoms with van der Waals surface area (Å²) >= 11 is 5.81. The molecule has 0 spiro atoms. The quantitative estimate of drug-likeness (QED) is 0.382. The maximum absolute atomic E-state index is 13.4. The molecule has 0 saturated carbocycles. The summed E-state index contributed by atoms with van der Waals surface area (Å²) < 4.78 is 18.6. The third-order valence-electron chi connectivity index (χ3n) is 4.71. The van der Waals surface area contributed by atoms with Gasteiger partial charge in [-0.3, -0.25) is 14.4 Å². The normalized spacial score (nSPS) is 11.3. The van der Waals surface area contributed by atoms with Gasteiger partial charge in [-0.15, -0.1) is 0 Å². The number of carbonyl (C=O) groups is 3. The van der Waals surface area contributed by atoms with Crippen molar-refractivity contribution < 1.29 is 28.6 Å². The summed E-state index contributed by atoms with van der Waals surface area (Å²) in [4.78, 5) is 36.9. The molecule has 0 heterocycles. The van der Waals surface area contributed by atoms with Crippen molar-refractivity contribution >= 4 is 40.7 Å². The highest BCUT2D eigenvalue weighted by molar-refractivity contribution is 6.39. The standard InChI is InChI=1S/C24H21ClFN3O5/c1-34-21-10-9-18(12-19(21)29-22(31)15-3-2-4-17(26)11-15)28-24(33)23(32)27-13-20(30)14-5-7-16(25)8-6-14/h2-12,20,30H,13H2,1H3,(H,27,32)(H,28,33)(H,29,31)/t20-/m0/s1. The number of benzene rings is 3. The van der Waals surface area contributed by atoms with Crippen molar-refractivity contribution in [3.05, 3.63) is 88.7 Å². The van der Waals surface area contributed by atoms with E-state index in [1.165, 1.54) is 43.5 Å². The number of nitrogens with one attached hydrogen (secondary N) is 3. The number of hydrogen-bond acceptors (Lipinski definition) is 5. The highest BCUT2D eigenvalue weighted by atomic mass is 35.5. The lowest BCUT2D eigenvalue weighted by Gasteiger charge is -2.14. The molecule has 34 heavy (non-hydrogen) atoms. The van der Waals surface area contributed by atoms with Gasteiger partial charge >= 0.3 is 11.8 Å². The predicted molar refractivity (Wildman–Crippen MR) is 125 cm³/mol.